The highest BCUT2D eigenvalue weighted by Gasteiger charge is 2.20. The molecule has 0 radical (unpaired) electrons. The molecular weight excluding hydrogens is 376 g/mol. The van der Waals surface area contributed by atoms with Crippen LogP contribution in [-0.4, -0.2) is 30.2 Å². The van der Waals surface area contributed by atoms with Crippen molar-refractivity contribution in [3.05, 3.63) is 59.1 Å². The number of amides is 1. The molecule has 0 saturated carbocycles. The Morgan fingerprint density at radius 2 is 1.96 bits per heavy atom. The molecular formula is C22H27ClN2OS. The van der Waals surface area contributed by atoms with Gasteiger partial charge in [-0.1, -0.05) is 35.9 Å². The Morgan fingerprint density at radius 1 is 1.19 bits per heavy atom. The fraction of sp³-hybridized carbons (Fsp3) is 0.409. The summed E-state index contributed by atoms with van der Waals surface area (Å²) in [5, 5.41) is 3.51. The van der Waals surface area contributed by atoms with E-state index in [0.29, 0.717) is 23.0 Å². The van der Waals surface area contributed by atoms with Gasteiger partial charge in [-0.15, -0.1) is 11.8 Å². The number of benzene rings is 2. The third-order valence-electron chi connectivity index (χ3n) is 5.18. The van der Waals surface area contributed by atoms with Gasteiger partial charge in [-0.2, -0.15) is 0 Å². The first-order chi connectivity index (χ1) is 13.1. The summed E-state index contributed by atoms with van der Waals surface area (Å²) in [4.78, 5) is 16.0. The summed E-state index contributed by atoms with van der Waals surface area (Å²) in [7, 11) is 0. The maximum Gasteiger partial charge on any atom is 0.224 e. The topological polar surface area (TPSA) is 32.3 Å². The van der Waals surface area contributed by atoms with Crippen molar-refractivity contribution < 1.29 is 4.79 Å². The summed E-state index contributed by atoms with van der Waals surface area (Å²) < 4.78 is 0. The number of rotatable bonds is 7. The number of hydrogen-bond acceptors (Lipinski definition) is 3. The van der Waals surface area contributed by atoms with E-state index in [4.69, 9.17) is 11.6 Å². The number of halogens is 1. The van der Waals surface area contributed by atoms with Crippen LogP contribution in [0.25, 0.3) is 0 Å². The van der Waals surface area contributed by atoms with Crippen LogP contribution in [0.2, 0.25) is 5.02 Å². The van der Waals surface area contributed by atoms with Crippen molar-refractivity contribution in [1.29, 1.82) is 0 Å². The van der Waals surface area contributed by atoms with Crippen molar-refractivity contribution in [1.82, 2.24) is 4.90 Å². The van der Waals surface area contributed by atoms with E-state index in [1.807, 2.05) is 18.2 Å². The van der Waals surface area contributed by atoms with Gasteiger partial charge in [0.25, 0.3) is 0 Å². The molecule has 0 bridgehead atoms. The predicted octanol–water partition coefficient (Wildman–Crippen LogP) is 5.69. The van der Waals surface area contributed by atoms with Crippen LogP contribution in [-0.2, 0) is 11.3 Å². The Labute approximate surface area is 171 Å². The molecule has 144 valence electrons. The Balaban J connectivity index is 1.39. The zero-order valence-corrected chi connectivity index (χ0v) is 17.4. The van der Waals surface area contributed by atoms with E-state index in [1.54, 1.807) is 17.8 Å². The van der Waals surface area contributed by atoms with Gasteiger partial charge < -0.3 is 5.32 Å². The predicted molar refractivity (Wildman–Crippen MR) is 116 cm³/mol. The number of thioether (sulfide) groups is 1. The van der Waals surface area contributed by atoms with Crippen LogP contribution in [0.15, 0.2) is 53.4 Å². The summed E-state index contributed by atoms with van der Waals surface area (Å²) in [6, 6.07) is 16.2. The Kier molecular flexibility index (Phi) is 7.62. The molecule has 3 nitrogen and oxygen atoms in total. The maximum atomic E-state index is 12.2. The number of piperidine rings is 1. The molecule has 1 saturated heterocycles. The summed E-state index contributed by atoms with van der Waals surface area (Å²) in [6.07, 6.45) is 5.97. The minimum atomic E-state index is 0.0550. The van der Waals surface area contributed by atoms with Gasteiger partial charge in [0.15, 0.2) is 0 Å². The smallest absolute Gasteiger partial charge is 0.224 e. The first-order valence-corrected chi connectivity index (χ1v) is 11.1. The number of carbonyl (C=O) groups excluding carboxylic acids is 1. The van der Waals surface area contributed by atoms with E-state index in [1.165, 1.54) is 23.3 Å². The lowest BCUT2D eigenvalue weighted by atomic mass is 9.92. The van der Waals surface area contributed by atoms with E-state index < -0.39 is 0 Å². The fourth-order valence-electron chi connectivity index (χ4n) is 3.57. The van der Waals surface area contributed by atoms with Gasteiger partial charge >= 0.3 is 0 Å². The molecule has 1 heterocycles. The molecule has 1 N–H and O–H groups in total. The molecule has 0 aliphatic carbocycles. The van der Waals surface area contributed by atoms with Crippen molar-refractivity contribution in [3.8, 4) is 0 Å². The Hall–Kier alpha value is -1.49. The first-order valence-electron chi connectivity index (χ1n) is 9.53. The van der Waals surface area contributed by atoms with E-state index in [-0.39, 0.29) is 5.91 Å². The number of likely N-dealkylation sites (tertiary alicyclic amines) is 1. The molecule has 5 heteroatoms. The Bertz CT molecular complexity index is 759. The molecule has 3 rings (SSSR count). The van der Waals surface area contributed by atoms with Gasteiger partial charge in [-0.25, -0.2) is 0 Å². The van der Waals surface area contributed by atoms with Gasteiger partial charge in [0.05, 0.1) is 10.7 Å². The number of anilines is 1. The number of nitrogens with one attached hydrogen (secondary N) is 1. The lowest BCUT2D eigenvalue weighted by Gasteiger charge is -2.32. The first kappa shape index (κ1) is 20.2. The van der Waals surface area contributed by atoms with Gasteiger partial charge in [0.1, 0.15) is 0 Å². The van der Waals surface area contributed by atoms with E-state index in [9.17, 15) is 4.79 Å². The largest absolute Gasteiger partial charge is 0.325 e. The highest BCUT2D eigenvalue weighted by Crippen LogP contribution is 2.25. The van der Waals surface area contributed by atoms with Crippen LogP contribution < -0.4 is 5.32 Å². The molecule has 27 heavy (non-hydrogen) atoms. The van der Waals surface area contributed by atoms with E-state index >= 15 is 0 Å². The molecule has 1 fully saturated rings. The SMILES string of the molecule is CSc1cccc(CN2CCC(CCC(=O)Nc3ccccc3Cl)CC2)c1. The minimum absolute atomic E-state index is 0.0550. The summed E-state index contributed by atoms with van der Waals surface area (Å²) >= 11 is 7.89. The quantitative estimate of drug-likeness (QED) is 0.603. The highest BCUT2D eigenvalue weighted by atomic mass is 35.5. The van der Waals surface area contributed by atoms with Crippen molar-refractivity contribution in [2.45, 2.75) is 37.1 Å². The average molecular weight is 403 g/mol. The lowest BCUT2D eigenvalue weighted by Crippen LogP contribution is -2.33. The van der Waals surface area contributed by atoms with Crippen LogP contribution in [0, 0.1) is 5.92 Å². The van der Waals surface area contributed by atoms with Gasteiger partial charge in [0.2, 0.25) is 5.91 Å². The molecule has 1 aliphatic rings. The summed E-state index contributed by atoms with van der Waals surface area (Å²) in [5.74, 6) is 0.690. The van der Waals surface area contributed by atoms with Crippen LogP contribution in [0.5, 0.6) is 0 Å². The average Bonchev–Trinajstić information content (AvgIpc) is 2.69. The fourth-order valence-corrected chi connectivity index (χ4v) is 4.24. The molecule has 0 spiro atoms. The lowest BCUT2D eigenvalue weighted by molar-refractivity contribution is -0.116. The third kappa shape index (κ3) is 6.27. The standard InChI is InChI=1S/C22H27ClN2OS/c1-27-19-6-4-5-18(15-19)16-25-13-11-17(12-14-25)9-10-22(26)24-21-8-3-2-7-20(21)23/h2-8,15,17H,9-14,16H2,1H3,(H,24,26). The van der Waals surface area contributed by atoms with Crippen molar-refractivity contribution >= 4 is 35.0 Å². The van der Waals surface area contributed by atoms with Gasteiger partial charge in [-0.05, 0) is 74.4 Å². The zero-order chi connectivity index (χ0) is 19.1. The van der Waals surface area contributed by atoms with E-state index in [2.05, 4.69) is 40.7 Å². The van der Waals surface area contributed by atoms with Crippen LogP contribution in [0.3, 0.4) is 0 Å². The molecule has 0 unspecified atom stereocenters. The van der Waals surface area contributed by atoms with Crippen LogP contribution in [0.1, 0.15) is 31.2 Å². The summed E-state index contributed by atoms with van der Waals surface area (Å²) in [6.45, 7) is 3.24. The molecule has 2 aromatic rings. The normalized spacial score (nSPS) is 15.6. The monoisotopic (exact) mass is 402 g/mol. The zero-order valence-electron chi connectivity index (χ0n) is 15.8. The van der Waals surface area contributed by atoms with Gasteiger partial charge in [0, 0.05) is 17.9 Å². The van der Waals surface area contributed by atoms with Gasteiger partial charge in [-0.3, -0.25) is 9.69 Å². The summed E-state index contributed by atoms with van der Waals surface area (Å²) in [5.41, 5.74) is 2.09. The second-order valence-electron chi connectivity index (χ2n) is 7.14. The minimum Gasteiger partial charge on any atom is -0.325 e. The van der Waals surface area contributed by atoms with Crippen LogP contribution in [0.4, 0.5) is 5.69 Å². The second kappa shape index (κ2) is 10.2. The molecule has 0 aromatic heterocycles. The number of para-hydroxylation sites is 1. The van der Waals surface area contributed by atoms with Crippen molar-refractivity contribution in [3.63, 3.8) is 0 Å². The highest BCUT2D eigenvalue weighted by molar-refractivity contribution is 7.98. The number of nitrogens with zero attached hydrogens (tertiary/aromatic N) is 1. The Morgan fingerprint density at radius 3 is 2.70 bits per heavy atom. The second-order valence-corrected chi connectivity index (χ2v) is 8.42. The number of hydrogen-bond donors (Lipinski definition) is 1. The molecule has 1 amide bonds. The third-order valence-corrected chi connectivity index (χ3v) is 6.23. The molecule has 0 atom stereocenters. The van der Waals surface area contributed by atoms with Crippen molar-refractivity contribution in [2.75, 3.05) is 24.7 Å². The molecule has 1 aliphatic heterocycles. The van der Waals surface area contributed by atoms with Crippen LogP contribution >= 0.6 is 23.4 Å². The van der Waals surface area contributed by atoms with E-state index in [0.717, 1.165) is 26.1 Å². The van der Waals surface area contributed by atoms with Crippen molar-refractivity contribution in [2.24, 2.45) is 5.92 Å². The molecule has 2 aromatic carbocycles. The maximum absolute atomic E-state index is 12.2. The number of carbonyl (C=O) groups is 1.